The summed E-state index contributed by atoms with van der Waals surface area (Å²) in [5.41, 5.74) is 2.03. The Morgan fingerprint density at radius 2 is 2.00 bits per heavy atom. The Morgan fingerprint density at radius 1 is 1.19 bits per heavy atom. The first-order valence-corrected chi connectivity index (χ1v) is 5.36. The molecule has 0 unspecified atom stereocenters. The van der Waals surface area contributed by atoms with Gasteiger partial charge in [-0.1, -0.05) is 36.4 Å². The summed E-state index contributed by atoms with van der Waals surface area (Å²) in [6, 6.07) is 8.01. The van der Waals surface area contributed by atoms with Crippen molar-refractivity contribution in [3.8, 4) is 0 Å². The Kier molecular flexibility index (Phi) is 3.10. The molecule has 2 nitrogen and oxygen atoms in total. The fourth-order valence-electron chi connectivity index (χ4n) is 1.59. The molecule has 0 atom stereocenters. The summed E-state index contributed by atoms with van der Waals surface area (Å²) in [5.74, 6) is 0.777. The van der Waals surface area contributed by atoms with E-state index in [1.165, 1.54) is 0 Å². The average Bonchev–Trinajstić information content (AvgIpc) is 2.35. The number of para-hydroxylation sites is 1. The zero-order chi connectivity index (χ0) is 11.4. The van der Waals surface area contributed by atoms with Gasteiger partial charge in [0, 0.05) is 17.2 Å². The highest BCUT2D eigenvalue weighted by Crippen LogP contribution is 2.15. The lowest BCUT2D eigenvalue weighted by molar-refractivity contribution is 1.17. The molecular weight excluding hydrogens is 196 g/mol. The maximum absolute atomic E-state index is 4.53. The van der Waals surface area contributed by atoms with Gasteiger partial charge in [-0.15, -0.1) is 0 Å². The van der Waals surface area contributed by atoms with Gasteiger partial charge >= 0.3 is 0 Å². The lowest BCUT2D eigenvalue weighted by Gasteiger charge is -2.02. The van der Waals surface area contributed by atoms with Crippen molar-refractivity contribution in [1.82, 2.24) is 9.97 Å². The summed E-state index contributed by atoms with van der Waals surface area (Å²) < 4.78 is 0. The summed E-state index contributed by atoms with van der Waals surface area (Å²) in [4.78, 5) is 8.90. The van der Waals surface area contributed by atoms with Crippen LogP contribution < -0.4 is 0 Å². The Labute approximate surface area is 95.4 Å². The number of aromatic nitrogens is 2. The first-order valence-electron chi connectivity index (χ1n) is 5.36. The molecule has 1 aromatic carbocycles. The van der Waals surface area contributed by atoms with Gasteiger partial charge in [0.15, 0.2) is 5.82 Å². The van der Waals surface area contributed by atoms with Gasteiger partial charge in [-0.05, 0) is 19.9 Å². The summed E-state index contributed by atoms with van der Waals surface area (Å²) in [6.45, 7) is 3.98. The van der Waals surface area contributed by atoms with Crippen LogP contribution in [0, 0.1) is 0 Å². The smallest absolute Gasteiger partial charge is 0.159 e. The molecule has 80 valence electrons. The topological polar surface area (TPSA) is 25.8 Å². The molecule has 0 aliphatic rings. The van der Waals surface area contributed by atoms with E-state index in [9.17, 15) is 0 Å². The Balaban J connectivity index is 2.54. The van der Waals surface area contributed by atoms with Crippen molar-refractivity contribution in [1.29, 1.82) is 0 Å². The van der Waals surface area contributed by atoms with Crippen molar-refractivity contribution in [2.45, 2.75) is 13.8 Å². The largest absolute Gasteiger partial charge is 0.236 e. The number of nitrogens with zero attached hydrogens (tertiary/aromatic N) is 2. The lowest BCUT2D eigenvalue weighted by Crippen LogP contribution is -1.92. The predicted molar refractivity (Wildman–Crippen MR) is 68.0 cm³/mol. The summed E-state index contributed by atoms with van der Waals surface area (Å²) in [7, 11) is 0. The molecule has 2 aromatic rings. The molecule has 0 aliphatic heterocycles. The molecule has 16 heavy (non-hydrogen) atoms. The van der Waals surface area contributed by atoms with E-state index in [2.05, 4.69) is 9.97 Å². The molecule has 0 bridgehead atoms. The fourth-order valence-corrected chi connectivity index (χ4v) is 1.59. The SMILES string of the molecule is C/C=C\C(=C/C)c1ncc2ccccc2n1. The molecule has 0 fully saturated rings. The minimum atomic E-state index is 0.777. The molecule has 0 aliphatic carbocycles. The first kappa shape index (κ1) is 10.6. The summed E-state index contributed by atoms with van der Waals surface area (Å²) in [6.07, 6.45) is 7.90. The highest BCUT2D eigenvalue weighted by molar-refractivity contribution is 5.80. The van der Waals surface area contributed by atoms with Gasteiger partial charge in [0.1, 0.15) is 0 Å². The van der Waals surface area contributed by atoms with Gasteiger partial charge in [-0.3, -0.25) is 0 Å². The van der Waals surface area contributed by atoms with Gasteiger partial charge in [-0.2, -0.15) is 0 Å². The second-order valence-corrected chi connectivity index (χ2v) is 3.50. The molecule has 2 rings (SSSR count). The highest BCUT2D eigenvalue weighted by atomic mass is 14.9. The number of rotatable bonds is 2. The van der Waals surface area contributed by atoms with Crippen LogP contribution in [0.4, 0.5) is 0 Å². The van der Waals surface area contributed by atoms with Crippen molar-refractivity contribution in [3.05, 3.63) is 54.5 Å². The standard InChI is InChI=1S/C14H14N2/c1-3-7-11(4-2)14-15-10-12-8-5-6-9-13(12)16-14/h3-10H,1-2H3/b7-3-,11-4+. The summed E-state index contributed by atoms with van der Waals surface area (Å²) >= 11 is 0. The van der Waals surface area contributed by atoms with Crippen molar-refractivity contribution >= 4 is 16.5 Å². The zero-order valence-corrected chi connectivity index (χ0v) is 9.51. The second kappa shape index (κ2) is 4.71. The van der Waals surface area contributed by atoms with Gasteiger partial charge in [0.25, 0.3) is 0 Å². The van der Waals surface area contributed by atoms with Crippen LogP contribution in [-0.2, 0) is 0 Å². The van der Waals surface area contributed by atoms with Crippen LogP contribution in [-0.4, -0.2) is 9.97 Å². The van der Waals surface area contributed by atoms with Crippen molar-refractivity contribution in [3.63, 3.8) is 0 Å². The minimum Gasteiger partial charge on any atom is -0.236 e. The van der Waals surface area contributed by atoms with Crippen LogP contribution in [0.2, 0.25) is 0 Å². The Morgan fingerprint density at radius 3 is 2.75 bits per heavy atom. The molecule has 1 aromatic heterocycles. The Bertz CT molecular complexity index is 553. The van der Waals surface area contributed by atoms with Gasteiger partial charge < -0.3 is 0 Å². The van der Waals surface area contributed by atoms with E-state index < -0.39 is 0 Å². The van der Waals surface area contributed by atoms with Crippen LogP contribution >= 0.6 is 0 Å². The lowest BCUT2D eigenvalue weighted by atomic mass is 10.2. The molecule has 2 heteroatoms. The van der Waals surface area contributed by atoms with E-state index in [-0.39, 0.29) is 0 Å². The first-order chi connectivity index (χ1) is 7.85. The van der Waals surface area contributed by atoms with Gasteiger partial charge in [-0.25, -0.2) is 9.97 Å². The Hall–Kier alpha value is -1.96. The molecule has 0 spiro atoms. The number of fused-ring (bicyclic) bond motifs is 1. The van der Waals surface area contributed by atoms with E-state index in [4.69, 9.17) is 0 Å². The van der Waals surface area contributed by atoms with E-state index in [1.54, 1.807) is 0 Å². The van der Waals surface area contributed by atoms with Crippen LogP contribution in [0.15, 0.2) is 48.7 Å². The maximum atomic E-state index is 4.53. The third-order valence-electron chi connectivity index (χ3n) is 2.40. The van der Waals surface area contributed by atoms with Crippen LogP contribution in [0.1, 0.15) is 19.7 Å². The molecule has 1 heterocycles. The second-order valence-electron chi connectivity index (χ2n) is 3.50. The van der Waals surface area contributed by atoms with Crippen LogP contribution in [0.25, 0.3) is 16.5 Å². The maximum Gasteiger partial charge on any atom is 0.159 e. The van der Waals surface area contributed by atoms with E-state index in [0.29, 0.717) is 0 Å². The molecule has 0 saturated carbocycles. The number of benzene rings is 1. The monoisotopic (exact) mass is 210 g/mol. The highest BCUT2D eigenvalue weighted by Gasteiger charge is 2.01. The molecule has 0 radical (unpaired) electrons. The van der Waals surface area contributed by atoms with Crippen LogP contribution in [0.5, 0.6) is 0 Å². The number of hydrogen-bond donors (Lipinski definition) is 0. The van der Waals surface area contributed by atoms with Gasteiger partial charge in [0.05, 0.1) is 5.52 Å². The fraction of sp³-hybridized carbons (Fsp3) is 0.143. The van der Waals surface area contributed by atoms with E-state index >= 15 is 0 Å². The average molecular weight is 210 g/mol. The third kappa shape index (κ3) is 2.01. The normalized spacial score (nSPS) is 12.5. The number of hydrogen-bond acceptors (Lipinski definition) is 2. The minimum absolute atomic E-state index is 0.777. The van der Waals surface area contributed by atoms with Crippen LogP contribution in [0.3, 0.4) is 0 Å². The molecular formula is C14H14N2. The van der Waals surface area contributed by atoms with Crippen molar-refractivity contribution in [2.75, 3.05) is 0 Å². The molecule has 0 saturated heterocycles. The van der Waals surface area contributed by atoms with E-state index in [1.807, 2.05) is 62.5 Å². The molecule has 0 amide bonds. The van der Waals surface area contributed by atoms with Gasteiger partial charge in [0.2, 0.25) is 0 Å². The number of allylic oxidation sites excluding steroid dienone is 4. The predicted octanol–water partition coefficient (Wildman–Crippen LogP) is 3.61. The molecule has 0 N–H and O–H groups in total. The van der Waals surface area contributed by atoms with E-state index in [0.717, 1.165) is 22.3 Å². The zero-order valence-electron chi connectivity index (χ0n) is 9.51. The van der Waals surface area contributed by atoms with Crippen molar-refractivity contribution in [2.24, 2.45) is 0 Å². The van der Waals surface area contributed by atoms with Crippen molar-refractivity contribution < 1.29 is 0 Å². The quantitative estimate of drug-likeness (QED) is 0.708. The third-order valence-corrected chi connectivity index (χ3v) is 2.40. The summed E-state index contributed by atoms with van der Waals surface area (Å²) in [5, 5.41) is 1.07.